The summed E-state index contributed by atoms with van der Waals surface area (Å²) in [5, 5.41) is 9.55. The normalized spacial score (nSPS) is 17.3. The van der Waals surface area contributed by atoms with Gasteiger partial charge in [-0.15, -0.1) is 0 Å². The lowest BCUT2D eigenvalue weighted by Gasteiger charge is -2.22. The summed E-state index contributed by atoms with van der Waals surface area (Å²) in [7, 11) is 1.94. The number of hydrogen-bond donors (Lipinski definition) is 1. The van der Waals surface area contributed by atoms with E-state index in [-0.39, 0.29) is 16.6 Å². The van der Waals surface area contributed by atoms with Gasteiger partial charge in [0, 0.05) is 30.4 Å². The topological polar surface area (TPSA) is 52.9 Å². The molecule has 1 aliphatic rings. The number of likely N-dealkylation sites (N-methyl/N-ethyl adjacent to an activating group) is 1. The van der Waals surface area contributed by atoms with Gasteiger partial charge < -0.3 is 10.0 Å². The second kappa shape index (κ2) is 6.05. The largest absolute Gasteiger partial charge is 0.478 e. The van der Waals surface area contributed by atoms with Crippen molar-refractivity contribution >= 4 is 29.0 Å². The van der Waals surface area contributed by atoms with Crippen molar-refractivity contribution in [3.05, 3.63) is 64.2 Å². The molecule has 1 aliphatic heterocycles. The van der Waals surface area contributed by atoms with Crippen molar-refractivity contribution in [1.29, 1.82) is 0 Å². The Morgan fingerprint density at radius 1 is 1.30 bits per heavy atom. The highest BCUT2D eigenvalue weighted by atomic mass is 35.5. The van der Waals surface area contributed by atoms with E-state index >= 15 is 0 Å². The molecule has 4 nitrogen and oxygen atoms in total. The fourth-order valence-corrected chi connectivity index (χ4v) is 3.13. The van der Waals surface area contributed by atoms with E-state index in [1.165, 1.54) is 0 Å². The number of aromatic carboxylic acids is 1. The van der Waals surface area contributed by atoms with Crippen LogP contribution in [0.3, 0.4) is 0 Å². The predicted octanol–water partition coefficient (Wildman–Crippen LogP) is 3.71. The molecule has 23 heavy (non-hydrogen) atoms. The zero-order valence-electron chi connectivity index (χ0n) is 13.0. The second-order valence-corrected chi connectivity index (χ2v) is 6.13. The fourth-order valence-electron chi connectivity index (χ4n) is 2.88. The minimum atomic E-state index is -1.03. The molecule has 1 heterocycles. The van der Waals surface area contributed by atoms with Crippen LogP contribution in [0.15, 0.2) is 47.5 Å². The van der Waals surface area contributed by atoms with Gasteiger partial charge in [-0.1, -0.05) is 41.9 Å². The second-order valence-electron chi connectivity index (χ2n) is 5.73. The molecule has 118 valence electrons. The third-order valence-electron chi connectivity index (χ3n) is 3.92. The van der Waals surface area contributed by atoms with Crippen molar-refractivity contribution in [3.63, 3.8) is 0 Å². The number of carboxylic acids is 1. The summed E-state index contributed by atoms with van der Waals surface area (Å²) >= 11 is 6.19. The number of benzene rings is 2. The smallest absolute Gasteiger partial charge is 0.337 e. The average Bonchev–Trinajstić information content (AvgIpc) is 2.63. The summed E-state index contributed by atoms with van der Waals surface area (Å²) in [6, 6.07) is 13.3. The molecular formula is C18H17ClN2O2. The molecule has 0 amide bonds. The van der Waals surface area contributed by atoms with Crippen molar-refractivity contribution in [2.24, 2.45) is 4.99 Å². The molecule has 2 aromatic rings. The zero-order chi connectivity index (χ0) is 16.6. The molecular weight excluding hydrogens is 312 g/mol. The van der Waals surface area contributed by atoms with E-state index in [0.29, 0.717) is 6.54 Å². The number of benzodiazepines with no additional fused rings is 1. The third-order valence-corrected chi connectivity index (χ3v) is 4.23. The van der Waals surface area contributed by atoms with Crippen LogP contribution in [0, 0.1) is 0 Å². The number of hydrogen-bond acceptors (Lipinski definition) is 3. The number of rotatable bonds is 2. The highest BCUT2D eigenvalue weighted by molar-refractivity contribution is 6.34. The van der Waals surface area contributed by atoms with Crippen LogP contribution in [0.25, 0.3) is 0 Å². The van der Waals surface area contributed by atoms with E-state index in [2.05, 4.69) is 0 Å². The maximum Gasteiger partial charge on any atom is 0.337 e. The molecule has 0 bridgehead atoms. The van der Waals surface area contributed by atoms with Crippen LogP contribution in [0.2, 0.25) is 5.02 Å². The van der Waals surface area contributed by atoms with Crippen LogP contribution in [0.4, 0.5) is 5.69 Å². The number of halogens is 1. The summed E-state index contributed by atoms with van der Waals surface area (Å²) in [5.41, 5.74) is 3.64. The van der Waals surface area contributed by atoms with Crippen LogP contribution in [-0.4, -0.2) is 36.4 Å². The van der Waals surface area contributed by atoms with Gasteiger partial charge in [-0.2, -0.15) is 0 Å². The SMILES string of the molecule is CC1CN(C)c2cc(C(=O)O)c(Cl)cc2C(c2ccccc2)=N1. The van der Waals surface area contributed by atoms with Gasteiger partial charge in [0.1, 0.15) is 0 Å². The number of carboxylic acid groups (broad SMARTS) is 1. The molecule has 1 unspecified atom stereocenters. The number of carbonyl (C=O) groups is 1. The summed E-state index contributed by atoms with van der Waals surface area (Å²) in [4.78, 5) is 18.2. The molecule has 0 saturated carbocycles. The Bertz CT molecular complexity index is 787. The lowest BCUT2D eigenvalue weighted by molar-refractivity contribution is 0.0697. The van der Waals surface area contributed by atoms with Crippen LogP contribution >= 0.6 is 11.6 Å². The van der Waals surface area contributed by atoms with Crippen molar-refractivity contribution in [1.82, 2.24) is 0 Å². The van der Waals surface area contributed by atoms with Gasteiger partial charge in [0.05, 0.1) is 22.3 Å². The van der Waals surface area contributed by atoms with Gasteiger partial charge in [0.2, 0.25) is 0 Å². The Kier molecular flexibility index (Phi) is 4.09. The molecule has 0 aliphatic carbocycles. The highest BCUT2D eigenvalue weighted by Gasteiger charge is 2.24. The Balaban J connectivity index is 2.25. The van der Waals surface area contributed by atoms with Gasteiger partial charge >= 0.3 is 5.97 Å². The van der Waals surface area contributed by atoms with E-state index in [1.807, 2.05) is 49.2 Å². The van der Waals surface area contributed by atoms with Gasteiger partial charge in [-0.25, -0.2) is 4.79 Å². The first-order valence-corrected chi connectivity index (χ1v) is 7.76. The van der Waals surface area contributed by atoms with Gasteiger partial charge in [-0.3, -0.25) is 4.99 Å². The minimum absolute atomic E-state index is 0.0923. The van der Waals surface area contributed by atoms with Crippen LogP contribution in [-0.2, 0) is 0 Å². The molecule has 0 spiro atoms. The Morgan fingerprint density at radius 3 is 2.65 bits per heavy atom. The molecule has 0 aromatic heterocycles. The van der Waals surface area contributed by atoms with E-state index in [0.717, 1.165) is 22.5 Å². The lowest BCUT2D eigenvalue weighted by Crippen LogP contribution is -2.25. The first-order chi connectivity index (χ1) is 11.0. The maximum absolute atomic E-state index is 11.4. The van der Waals surface area contributed by atoms with Crippen molar-refractivity contribution < 1.29 is 9.90 Å². The molecule has 1 N–H and O–H groups in total. The van der Waals surface area contributed by atoms with Gasteiger partial charge in [0.25, 0.3) is 0 Å². The predicted molar refractivity (Wildman–Crippen MR) is 93.2 cm³/mol. The van der Waals surface area contributed by atoms with Gasteiger partial charge in [0.15, 0.2) is 0 Å². The molecule has 1 atom stereocenters. The quantitative estimate of drug-likeness (QED) is 0.914. The standard InChI is InChI=1S/C18H17ClN2O2/c1-11-10-21(2)16-9-13(18(22)23)15(19)8-14(16)17(20-11)12-6-4-3-5-7-12/h3-9,11H,10H2,1-2H3,(H,22,23). The monoisotopic (exact) mass is 328 g/mol. The highest BCUT2D eigenvalue weighted by Crippen LogP contribution is 2.32. The van der Waals surface area contributed by atoms with Crippen molar-refractivity contribution in [2.45, 2.75) is 13.0 Å². The number of fused-ring (bicyclic) bond motifs is 1. The lowest BCUT2D eigenvalue weighted by atomic mass is 9.98. The van der Waals surface area contributed by atoms with Crippen molar-refractivity contribution in [2.75, 3.05) is 18.5 Å². The molecule has 0 fully saturated rings. The fraction of sp³-hybridized carbons (Fsp3) is 0.222. The first kappa shape index (κ1) is 15.6. The molecule has 3 rings (SSSR count). The number of aliphatic imine (C=N–C) groups is 1. The van der Waals surface area contributed by atoms with Crippen LogP contribution in [0.1, 0.15) is 28.4 Å². The number of nitrogens with zero attached hydrogens (tertiary/aromatic N) is 2. The van der Waals surface area contributed by atoms with Gasteiger partial charge in [-0.05, 0) is 19.1 Å². The minimum Gasteiger partial charge on any atom is -0.478 e. The van der Waals surface area contributed by atoms with E-state index in [1.54, 1.807) is 12.1 Å². The summed E-state index contributed by atoms with van der Waals surface area (Å²) in [5.74, 6) is -1.03. The summed E-state index contributed by atoms with van der Waals surface area (Å²) in [6.07, 6.45) is 0. The summed E-state index contributed by atoms with van der Waals surface area (Å²) in [6.45, 7) is 2.76. The van der Waals surface area contributed by atoms with Crippen LogP contribution in [0.5, 0.6) is 0 Å². The maximum atomic E-state index is 11.4. The average molecular weight is 329 g/mol. The van der Waals surface area contributed by atoms with Crippen LogP contribution < -0.4 is 4.90 Å². The van der Waals surface area contributed by atoms with E-state index in [4.69, 9.17) is 16.6 Å². The molecule has 0 radical (unpaired) electrons. The van der Waals surface area contributed by atoms with Crippen molar-refractivity contribution in [3.8, 4) is 0 Å². The third kappa shape index (κ3) is 2.94. The Hall–Kier alpha value is -2.33. The first-order valence-electron chi connectivity index (χ1n) is 7.39. The summed E-state index contributed by atoms with van der Waals surface area (Å²) < 4.78 is 0. The number of anilines is 1. The molecule has 2 aromatic carbocycles. The zero-order valence-corrected chi connectivity index (χ0v) is 13.7. The van der Waals surface area contributed by atoms with E-state index in [9.17, 15) is 9.90 Å². The molecule has 0 saturated heterocycles. The molecule has 5 heteroatoms. The van der Waals surface area contributed by atoms with E-state index < -0.39 is 5.97 Å². The Labute approximate surface area is 140 Å². The Morgan fingerprint density at radius 2 is 2.00 bits per heavy atom.